The second-order valence-corrected chi connectivity index (χ2v) is 12.4. The van der Waals surface area contributed by atoms with Crippen molar-refractivity contribution in [3.63, 3.8) is 0 Å². The normalized spacial score (nSPS) is 27.2. The number of esters is 5. The number of rotatable bonds is 7. The van der Waals surface area contributed by atoms with Crippen LogP contribution >= 0.6 is 15.9 Å². The molecule has 11 heteroatoms. The van der Waals surface area contributed by atoms with Crippen LogP contribution in [0.4, 0.5) is 0 Å². The van der Waals surface area contributed by atoms with Gasteiger partial charge in [-0.1, -0.05) is 28.1 Å². The van der Waals surface area contributed by atoms with E-state index in [9.17, 15) is 24.0 Å². The first-order chi connectivity index (χ1) is 20.0. The Hall–Kier alpha value is -3.21. The van der Waals surface area contributed by atoms with Crippen LogP contribution in [0.5, 0.6) is 0 Å². The summed E-state index contributed by atoms with van der Waals surface area (Å²) in [5.74, 6) is -3.62. The largest absolute Gasteiger partial charge is 0.468 e. The molecule has 0 N–H and O–H groups in total. The van der Waals surface area contributed by atoms with Crippen LogP contribution < -0.4 is 0 Å². The summed E-state index contributed by atoms with van der Waals surface area (Å²) in [6, 6.07) is 6.84. The molecule has 0 heterocycles. The SMILES string of the molecule is COC(=O)C1(C(=O)OC)CC[C@@H]2C=C[C@@H]3CC(C(=O)OC)(C(=O)OC)CC[C@@H]3[C@]2(COC(=O)c2ccc(Br)cc2)CC1. The number of halogens is 1. The third kappa shape index (κ3) is 5.36. The molecule has 0 amide bonds. The van der Waals surface area contributed by atoms with Gasteiger partial charge in [-0.15, -0.1) is 0 Å². The molecule has 0 saturated heterocycles. The maximum Gasteiger partial charge on any atom is 0.338 e. The van der Waals surface area contributed by atoms with Gasteiger partial charge in [-0.25, -0.2) is 4.79 Å². The number of hydrogen-bond donors (Lipinski definition) is 0. The van der Waals surface area contributed by atoms with E-state index in [-0.39, 0.29) is 50.0 Å². The van der Waals surface area contributed by atoms with Gasteiger partial charge in [0.05, 0.1) is 40.6 Å². The van der Waals surface area contributed by atoms with Crippen molar-refractivity contribution in [1.29, 1.82) is 0 Å². The first-order valence-electron chi connectivity index (χ1n) is 14.0. The lowest BCUT2D eigenvalue weighted by atomic mass is 9.51. The number of carbonyl (C=O) groups is 5. The van der Waals surface area contributed by atoms with Crippen LogP contribution in [0.3, 0.4) is 0 Å². The van der Waals surface area contributed by atoms with Crippen molar-refractivity contribution in [2.24, 2.45) is 34.0 Å². The highest BCUT2D eigenvalue weighted by atomic mass is 79.9. The van der Waals surface area contributed by atoms with Gasteiger partial charge in [0.15, 0.2) is 10.8 Å². The van der Waals surface area contributed by atoms with Crippen LogP contribution in [-0.2, 0) is 42.9 Å². The van der Waals surface area contributed by atoms with Gasteiger partial charge in [-0.3, -0.25) is 19.2 Å². The summed E-state index contributed by atoms with van der Waals surface area (Å²) in [6.45, 7) is 0.0277. The molecule has 2 saturated carbocycles. The van der Waals surface area contributed by atoms with Gasteiger partial charge in [0.2, 0.25) is 0 Å². The fraction of sp³-hybridized carbons (Fsp3) is 0.581. The Kier molecular flexibility index (Phi) is 9.49. The first-order valence-corrected chi connectivity index (χ1v) is 14.8. The van der Waals surface area contributed by atoms with Crippen molar-refractivity contribution < 1.29 is 47.7 Å². The zero-order chi connectivity index (χ0) is 30.7. The standard InChI is InChI=1S/C31H37BrO10/c1-38-25(34)29(26(35)39-2)13-11-21-8-5-20-17-30(27(36)40-3,28(37)41-4)14-12-23(20)31(21,16-15-29)18-42-24(33)19-6-9-22(32)10-7-19/h5-10,20-21,23H,11-18H2,1-4H3/t20-,21+,23+,31+/m1/s1. The maximum absolute atomic E-state index is 13.2. The van der Waals surface area contributed by atoms with Gasteiger partial charge in [0.1, 0.15) is 0 Å². The molecular weight excluding hydrogens is 612 g/mol. The summed E-state index contributed by atoms with van der Waals surface area (Å²) < 4.78 is 27.1. The lowest BCUT2D eigenvalue weighted by Crippen LogP contribution is -2.54. The molecule has 0 aromatic heterocycles. The molecule has 0 radical (unpaired) electrons. The quantitative estimate of drug-likeness (QED) is 0.181. The molecule has 1 aromatic rings. The fourth-order valence-electron chi connectivity index (χ4n) is 7.53. The zero-order valence-corrected chi connectivity index (χ0v) is 25.9. The Morgan fingerprint density at radius 1 is 0.738 bits per heavy atom. The Labute approximate surface area is 253 Å². The van der Waals surface area contributed by atoms with Crippen molar-refractivity contribution in [3.05, 3.63) is 46.5 Å². The minimum absolute atomic E-state index is 0.0277. The summed E-state index contributed by atoms with van der Waals surface area (Å²) in [7, 11) is 4.99. The second-order valence-electron chi connectivity index (χ2n) is 11.5. The zero-order valence-electron chi connectivity index (χ0n) is 24.3. The number of fused-ring (bicyclic) bond motifs is 3. The molecule has 0 bridgehead atoms. The van der Waals surface area contributed by atoms with Gasteiger partial charge >= 0.3 is 29.8 Å². The van der Waals surface area contributed by atoms with E-state index in [1.807, 2.05) is 12.2 Å². The van der Waals surface area contributed by atoms with Crippen LogP contribution in [0, 0.1) is 34.0 Å². The monoisotopic (exact) mass is 648 g/mol. The predicted molar refractivity (Wildman–Crippen MR) is 152 cm³/mol. The smallest absolute Gasteiger partial charge is 0.338 e. The molecule has 0 unspecified atom stereocenters. The van der Waals surface area contributed by atoms with Gasteiger partial charge < -0.3 is 23.7 Å². The predicted octanol–water partition coefficient (Wildman–Crippen LogP) is 4.43. The van der Waals surface area contributed by atoms with E-state index < -0.39 is 46.1 Å². The average Bonchev–Trinajstić information content (AvgIpc) is 3.20. The van der Waals surface area contributed by atoms with Crippen molar-refractivity contribution in [2.75, 3.05) is 35.0 Å². The molecule has 1 aromatic carbocycles. The molecule has 10 nitrogen and oxygen atoms in total. The molecule has 42 heavy (non-hydrogen) atoms. The van der Waals surface area contributed by atoms with E-state index in [0.717, 1.165) is 4.47 Å². The van der Waals surface area contributed by atoms with Crippen molar-refractivity contribution in [3.8, 4) is 0 Å². The second kappa shape index (κ2) is 12.6. The Morgan fingerprint density at radius 3 is 1.86 bits per heavy atom. The molecule has 4 rings (SSSR count). The van der Waals surface area contributed by atoms with Crippen molar-refractivity contribution >= 4 is 45.8 Å². The minimum Gasteiger partial charge on any atom is -0.468 e. The molecule has 228 valence electrons. The van der Waals surface area contributed by atoms with E-state index in [1.54, 1.807) is 24.3 Å². The average molecular weight is 650 g/mol. The third-order valence-electron chi connectivity index (χ3n) is 9.81. The van der Waals surface area contributed by atoms with Crippen molar-refractivity contribution in [1.82, 2.24) is 0 Å². The fourth-order valence-corrected chi connectivity index (χ4v) is 7.80. The van der Waals surface area contributed by atoms with Crippen molar-refractivity contribution in [2.45, 2.75) is 44.9 Å². The number of carbonyl (C=O) groups excluding carboxylic acids is 5. The lowest BCUT2D eigenvalue weighted by molar-refractivity contribution is -0.177. The molecule has 2 fully saturated rings. The van der Waals surface area contributed by atoms with Crippen LogP contribution in [0.2, 0.25) is 0 Å². The number of ether oxygens (including phenoxy) is 5. The van der Waals surface area contributed by atoms with Gasteiger partial charge in [0, 0.05) is 9.89 Å². The minimum atomic E-state index is -1.50. The van der Waals surface area contributed by atoms with Gasteiger partial charge in [-0.05, 0) is 87.0 Å². The van der Waals surface area contributed by atoms with E-state index in [1.165, 1.54) is 28.4 Å². The van der Waals surface area contributed by atoms with Gasteiger partial charge in [0.25, 0.3) is 0 Å². The molecule has 0 aliphatic heterocycles. The number of hydrogen-bond acceptors (Lipinski definition) is 10. The molecule has 3 aliphatic rings. The van der Waals surface area contributed by atoms with Crippen LogP contribution in [0.25, 0.3) is 0 Å². The van der Waals surface area contributed by atoms with Gasteiger partial charge in [-0.2, -0.15) is 0 Å². The summed E-state index contributed by atoms with van der Waals surface area (Å²) >= 11 is 3.37. The third-order valence-corrected chi connectivity index (χ3v) is 10.3. The summed E-state index contributed by atoms with van der Waals surface area (Å²) in [5.41, 5.74) is -3.25. The molecular formula is C31H37BrO10. The summed E-state index contributed by atoms with van der Waals surface area (Å²) in [6.07, 6.45) is 5.96. The van der Waals surface area contributed by atoms with Crippen LogP contribution in [0.15, 0.2) is 40.9 Å². The van der Waals surface area contributed by atoms with E-state index in [0.29, 0.717) is 24.8 Å². The molecule has 4 atom stereocenters. The number of benzene rings is 1. The Bertz CT molecular complexity index is 1220. The Balaban J connectivity index is 1.74. The molecule has 0 spiro atoms. The first kappa shape index (κ1) is 31.7. The van der Waals surface area contributed by atoms with Crippen LogP contribution in [-0.4, -0.2) is 64.9 Å². The lowest BCUT2D eigenvalue weighted by Gasteiger charge is -2.53. The molecule has 3 aliphatic carbocycles. The summed E-state index contributed by atoms with van der Waals surface area (Å²) in [4.78, 5) is 65.3. The Morgan fingerprint density at radius 2 is 1.29 bits per heavy atom. The van der Waals surface area contributed by atoms with E-state index in [2.05, 4.69) is 15.9 Å². The van der Waals surface area contributed by atoms with E-state index in [4.69, 9.17) is 23.7 Å². The number of methoxy groups -OCH3 is 4. The topological polar surface area (TPSA) is 132 Å². The van der Waals surface area contributed by atoms with Crippen LogP contribution in [0.1, 0.15) is 55.3 Å². The number of allylic oxidation sites excluding steroid dienone is 2. The highest BCUT2D eigenvalue weighted by Gasteiger charge is 2.62. The maximum atomic E-state index is 13.2. The van der Waals surface area contributed by atoms with E-state index >= 15 is 0 Å². The summed E-state index contributed by atoms with van der Waals surface area (Å²) in [5, 5.41) is 0. The highest BCUT2D eigenvalue weighted by Crippen LogP contribution is 2.61. The highest BCUT2D eigenvalue weighted by molar-refractivity contribution is 9.10.